The zero-order chi connectivity index (χ0) is 20.7. The fourth-order valence-corrected chi connectivity index (χ4v) is 2.99. The highest BCUT2D eigenvalue weighted by molar-refractivity contribution is 5.99. The zero-order valence-corrected chi connectivity index (χ0v) is 17.0. The number of hydrogen-bond acceptors (Lipinski definition) is 4. The van der Waals surface area contributed by atoms with Gasteiger partial charge in [-0.15, -0.1) is 0 Å². The maximum absolute atomic E-state index is 12.9. The average molecular weight is 384 g/mol. The van der Waals surface area contributed by atoms with Crippen LogP contribution in [0.3, 0.4) is 0 Å². The molecule has 0 spiro atoms. The molecule has 0 heterocycles. The first-order chi connectivity index (χ1) is 13.4. The van der Waals surface area contributed by atoms with E-state index >= 15 is 0 Å². The second-order valence-corrected chi connectivity index (χ2v) is 6.87. The summed E-state index contributed by atoms with van der Waals surface area (Å²) in [6.07, 6.45) is 0. The molecule has 0 aliphatic rings. The number of para-hydroxylation sites is 2. The molecule has 28 heavy (non-hydrogen) atoms. The lowest BCUT2D eigenvalue weighted by Crippen LogP contribution is -2.50. The predicted octanol–water partition coefficient (Wildman–Crippen LogP) is 3.34. The van der Waals surface area contributed by atoms with Crippen LogP contribution in [0.5, 0.6) is 11.5 Å². The van der Waals surface area contributed by atoms with Crippen LogP contribution in [0.1, 0.15) is 42.7 Å². The summed E-state index contributed by atoms with van der Waals surface area (Å²) in [6.45, 7) is 5.66. The van der Waals surface area contributed by atoms with Crippen molar-refractivity contribution in [3.8, 4) is 11.5 Å². The highest BCUT2D eigenvalue weighted by Gasteiger charge is 2.27. The first-order valence-electron chi connectivity index (χ1n) is 9.26. The largest absolute Gasteiger partial charge is 0.496 e. The van der Waals surface area contributed by atoms with Crippen molar-refractivity contribution in [3.05, 3.63) is 59.7 Å². The van der Waals surface area contributed by atoms with Gasteiger partial charge in [-0.3, -0.25) is 9.59 Å². The first-order valence-corrected chi connectivity index (χ1v) is 9.26. The molecule has 6 heteroatoms. The van der Waals surface area contributed by atoms with E-state index in [1.807, 2.05) is 45.0 Å². The molecule has 2 aromatic carbocycles. The van der Waals surface area contributed by atoms with Gasteiger partial charge < -0.3 is 20.1 Å². The predicted molar refractivity (Wildman–Crippen MR) is 109 cm³/mol. The first kappa shape index (κ1) is 21.3. The van der Waals surface area contributed by atoms with Crippen molar-refractivity contribution in [3.63, 3.8) is 0 Å². The molecule has 2 unspecified atom stereocenters. The Balaban J connectivity index is 2.14. The summed E-state index contributed by atoms with van der Waals surface area (Å²) in [5, 5.41) is 5.80. The molecular weight excluding hydrogens is 356 g/mol. The van der Waals surface area contributed by atoms with Crippen molar-refractivity contribution in [2.24, 2.45) is 5.92 Å². The monoisotopic (exact) mass is 384 g/mol. The second kappa shape index (κ2) is 9.78. The van der Waals surface area contributed by atoms with E-state index < -0.39 is 6.04 Å². The number of amides is 2. The summed E-state index contributed by atoms with van der Waals surface area (Å²) in [6, 6.07) is 13.5. The summed E-state index contributed by atoms with van der Waals surface area (Å²) in [4.78, 5) is 25.6. The summed E-state index contributed by atoms with van der Waals surface area (Å²) in [5.74, 6) is 0.469. The molecule has 0 saturated carbocycles. The number of nitrogens with one attached hydrogen (secondary N) is 2. The van der Waals surface area contributed by atoms with Crippen LogP contribution < -0.4 is 20.1 Å². The molecule has 0 aliphatic carbocycles. The Bertz CT molecular complexity index is 820. The number of ether oxygens (including phenoxy) is 2. The lowest BCUT2D eigenvalue weighted by molar-refractivity contribution is -0.124. The van der Waals surface area contributed by atoms with Gasteiger partial charge in [0.25, 0.3) is 5.91 Å². The van der Waals surface area contributed by atoms with Crippen molar-refractivity contribution < 1.29 is 19.1 Å². The molecule has 150 valence electrons. The Kier molecular flexibility index (Phi) is 7.44. The van der Waals surface area contributed by atoms with Gasteiger partial charge in [-0.05, 0) is 31.0 Å². The van der Waals surface area contributed by atoms with Crippen molar-refractivity contribution in [1.82, 2.24) is 10.6 Å². The maximum Gasteiger partial charge on any atom is 0.255 e. The number of carbonyl (C=O) groups is 2. The van der Waals surface area contributed by atoms with Crippen LogP contribution in [0.25, 0.3) is 0 Å². The zero-order valence-electron chi connectivity index (χ0n) is 17.0. The van der Waals surface area contributed by atoms with Gasteiger partial charge in [-0.1, -0.05) is 44.2 Å². The van der Waals surface area contributed by atoms with Gasteiger partial charge >= 0.3 is 0 Å². The number of carbonyl (C=O) groups excluding carboxylic acids is 2. The van der Waals surface area contributed by atoms with Gasteiger partial charge in [0.15, 0.2) is 0 Å². The molecule has 0 bridgehead atoms. The standard InChI is InChI=1S/C22H28N2O4/c1-14(2)20(24-21(25)17-11-7-9-13-19(17)28-5)22(26)23-15(3)16-10-6-8-12-18(16)27-4/h6-15,20H,1-5H3,(H,23,26)(H,24,25). The molecule has 6 nitrogen and oxygen atoms in total. The molecule has 2 rings (SSSR count). The van der Waals surface area contributed by atoms with Gasteiger partial charge in [-0.2, -0.15) is 0 Å². The molecule has 2 atom stereocenters. The Labute approximate surface area is 166 Å². The topological polar surface area (TPSA) is 76.7 Å². The third-order valence-corrected chi connectivity index (χ3v) is 4.55. The molecule has 2 amide bonds. The minimum absolute atomic E-state index is 0.0940. The van der Waals surface area contributed by atoms with Crippen LogP contribution in [0.2, 0.25) is 0 Å². The van der Waals surface area contributed by atoms with Gasteiger partial charge in [0.05, 0.1) is 25.8 Å². The molecule has 0 saturated heterocycles. The summed E-state index contributed by atoms with van der Waals surface area (Å²) in [5.41, 5.74) is 1.26. The fraction of sp³-hybridized carbons (Fsp3) is 0.364. The highest BCUT2D eigenvalue weighted by atomic mass is 16.5. The maximum atomic E-state index is 12.9. The van der Waals surface area contributed by atoms with Gasteiger partial charge in [0.1, 0.15) is 17.5 Å². The van der Waals surface area contributed by atoms with Crippen molar-refractivity contribution in [2.75, 3.05) is 14.2 Å². The van der Waals surface area contributed by atoms with E-state index in [9.17, 15) is 9.59 Å². The molecule has 0 fully saturated rings. The van der Waals surface area contributed by atoms with Crippen molar-refractivity contribution >= 4 is 11.8 Å². The van der Waals surface area contributed by atoms with E-state index in [0.29, 0.717) is 17.1 Å². The van der Waals surface area contributed by atoms with E-state index in [-0.39, 0.29) is 23.8 Å². The quantitative estimate of drug-likeness (QED) is 0.732. The highest BCUT2D eigenvalue weighted by Crippen LogP contribution is 2.24. The molecular formula is C22H28N2O4. The molecule has 0 aliphatic heterocycles. The average Bonchev–Trinajstić information content (AvgIpc) is 2.71. The summed E-state index contributed by atoms with van der Waals surface area (Å²) >= 11 is 0. The van der Waals surface area contributed by atoms with Crippen LogP contribution in [0.4, 0.5) is 0 Å². The van der Waals surface area contributed by atoms with Crippen LogP contribution in [0.15, 0.2) is 48.5 Å². The Morgan fingerprint density at radius 3 is 2.00 bits per heavy atom. The lowest BCUT2D eigenvalue weighted by Gasteiger charge is -2.25. The molecule has 2 aromatic rings. The smallest absolute Gasteiger partial charge is 0.255 e. The van der Waals surface area contributed by atoms with Crippen molar-refractivity contribution in [1.29, 1.82) is 0 Å². The van der Waals surface area contributed by atoms with E-state index in [4.69, 9.17) is 9.47 Å². The van der Waals surface area contributed by atoms with Crippen LogP contribution in [-0.2, 0) is 4.79 Å². The Morgan fingerprint density at radius 1 is 0.821 bits per heavy atom. The van der Waals surface area contributed by atoms with Crippen molar-refractivity contribution in [2.45, 2.75) is 32.9 Å². The molecule has 0 aromatic heterocycles. The van der Waals surface area contributed by atoms with E-state index in [1.54, 1.807) is 31.4 Å². The number of methoxy groups -OCH3 is 2. The minimum Gasteiger partial charge on any atom is -0.496 e. The molecule has 0 radical (unpaired) electrons. The van der Waals surface area contributed by atoms with Gasteiger partial charge in [0.2, 0.25) is 5.91 Å². The number of rotatable bonds is 8. The van der Waals surface area contributed by atoms with Gasteiger partial charge in [-0.25, -0.2) is 0 Å². The fourth-order valence-electron chi connectivity index (χ4n) is 2.99. The third kappa shape index (κ3) is 5.03. The van der Waals surface area contributed by atoms with Crippen LogP contribution in [-0.4, -0.2) is 32.1 Å². The Morgan fingerprint density at radius 2 is 1.39 bits per heavy atom. The number of hydrogen-bond donors (Lipinski definition) is 2. The normalized spacial score (nSPS) is 12.8. The summed E-state index contributed by atoms with van der Waals surface area (Å²) in [7, 11) is 3.10. The summed E-state index contributed by atoms with van der Waals surface area (Å²) < 4.78 is 10.6. The van der Waals surface area contributed by atoms with Crippen LogP contribution >= 0.6 is 0 Å². The SMILES string of the molecule is COc1ccccc1C(=O)NC(C(=O)NC(C)c1ccccc1OC)C(C)C. The minimum atomic E-state index is -0.686. The van der Waals surface area contributed by atoms with E-state index in [0.717, 1.165) is 5.56 Å². The molecule has 2 N–H and O–H groups in total. The Hall–Kier alpha value is -3.02. The lowest BCUT2D eigenvalue weighted by atomic mass is 10.0. The van der Waals surface area contributed by atoms with Crippen LogP contribution in [0, 0.1) is 5.92 Å². The van der Waals surface area contributed by atoms with Gasteiger partial charge in [0, 0.05) is 5.56 Å². The van der Waals surface area contributed by atoms with E-state index in [1.165, 1.54) is 7.11 Å². The van der Waals surface area contributed by atoms with E-state index in [2.05, 4.69) is 10.6 Å². The third-order valence-electron chi connectivity index (χ3n) is 4.55. The second-order valence-electron chi connectivity index (χ2n) is 6.87. The number of benzene rings is 2.